The number of amides is 1. The molecular weight excluding hydrogens is 365 g/mol. The minimum absolute atomic E-state index is 0.335. The fourth-order valence-corrected chi connectivity index (χ4v) is 4.88. The standard InChI is InChI=1S/C24H40FN3O/c1-18(2)28(19(3)4)17-14-24(23(26)29,21-11-6-7-12-22(21)25)13-16-27-15-9-8-10-20(27)5/h6-7,11-12,18-20H,8-10,13-17H2,1-5H3,(H2,26,29). The van der Waals surface area contributed by atoms with Gasteiger partial charge in [0.25, 0.3) is 0 Å². The van der Waals surface area contributed by atoms with Gasteiger partial charge in [0.1, 0.15) is 5.82 Å². The van der Waals surface area contributed by atoms with Gasteiger partial charge < -0.3 is 10.6 Å². The highest BCUT2D eigenvalue weighted by atomic mass is 19.1. The first kappa shape index (κ1) is 23.8. The van der Waals surface area contributed by atoms with E-state index in [4.69, 9.17) is 5.73 Å². The second kappa shape index (κ2) is 10.5. The van der Waals surface area contributed by atoms with Gasteiger partial charge in [-0.1, -0.05) is 24.6 Å². The number of likely N-dealkylation sites (tertiary alicyclic amines) is 1. The second-order valence-corrected chi connectivity index (χ2v) is 9.23. The Morgan fingerprint density at radius 1 is 1.21 bits per heavy atom. The van der Waals surface area contributed by atoms with E-state index in [1.807, 2.05) is 6.07 Å². The molecule has 2 unspecified atom stereocenters. The van der Waals surface area contributed by atoms with E-state index in [2.05, 4.69) is 44.4 Å². The molecule has 1 saturated heterocycles. The van der Waals surface area contributed by atoms with Crippen LogP contribution in [-0.2, 0) is 10.2 Å². The van der Waals surface area contributed by atoms with Gasteiger partial charge >= 0.3 is 0 Å². The van der Waals surface area contributed by atoms with Crippen molar-refractivity contribution in [2.75, 3.05) is 19.6 Å². The number of piperidine rings is 1. The Balaban J connectivity index is 2.33. The van der Waals surface area contributed by atoms with E-state index in [0.717, 1.165) is 13.1 Å². The monoisotopic (exact) mass is 405 g/mol. The maximum absolute atomic E-state index is 14.9. The zero-order chi connectivity index (χ0) is 21.6. The molecule has 0 radical (unpaired) electrons. The topological polar surface area (TPSA) is 49.6 Å². The fourth-order valence-electron chi connectivity index (χ4n) is 4.88. The first-order chi connectivity index (χ1) is 13.7. The zero-order valence-electron chi connectivity index (χ0n) is 19.0. The smallest absolute Gasteiger partial charge is 0.228 e. The van der Waals surface area contributed by atoms with Gasteiger partial charge in [-0.3, -0.25) is 9.69 Å². The number of primary amides is 1. The number of hydrogen-bond acceptors (Lipinski definition) is 3. The molecule has 1 aliphatic heterocycles. The maximum Gasteiger partial charge on any atom is 0.228 e. The van der Waals surface area contributed by atoms with Crippen LogP contribution in [0.2, 0.25) is 0 Å². The Kier molecular flexibility index (Phi) is 8.65. The molecule has 0 aromatic heterocycles. The fraction of sp³-hybridized carbons (Fsp3) is 0.708. The molecule has 0 spiro atoms. The van der Waals surface area contributed by atoms with Gasteiger partial charge in [-0.05, 0) is 79.5 Å². The minimum atomic E-state index is -0.995. The molecular formula is C24H40FN3O. The van der Waals surface area contributed by atoms with E-state index in [0.29, 0.717) is 43.1 Å². The number of carbonyl (C=O) groups excluding carboxylic acids is 1. The molecule has 5 heteroatoms. The van der Waals surface area contributed by atoms with Crippen molar-refractivity contribution >= 4 is 5.91 Å². The van der Waals surface area contributed by atoms with Crippen molar-refractivity contribution in [2.24, 2.45) is 5.73 Å². The van der Waals surface area contributed by atoms with Crippen molar-refractivity contribution in [3.8, 4) is 0 Å². The molecule has 164 valence electrons. The van der Waals surface area contributed by atoms with Gasteiger partial charge in [0.05, 0.1) is 5.41 Å². The Morgan fingerprint density at radius 3 is 2.41 bits per heavy atom. The molecule has 2 atom stereocenters. The molecule has 1 fully saturated rings. The molecule has 1 heterocycles. The van der Waals surface area contributed by atoms with Crippen LogP contribution in [-0.4, -0.2) is 53.5 Å². The number of hydrogen-bond donors (Lipinski definition) is 1. The van der Waals surface area contributed by atoms with Crippen LogP contribution in [0.5, 0.6) is 0 Å². The van der Waals surface area contributed by atoms with Gasteiger partial charge in [0.15, 0.2) is 0 Å². The van der Waals surface area contributed by atoms with Crippen LogP contribution in [0, 0.1) is 5.82 Å². The molecule has 2 rings (SSSR count). The lowest BCUT2D eigenvalue weighted by Gasteiger charge is -2.40. The first-order valence-electron chi connectivity index (χ1n) is 11.2. The third kappa shape index (κ3) is 5.79. The predicted octanol–water partition coefficient (Wildman–Crippen LogP) is 4.32. The van der Waals surface area contributed by atoms with Crippen LogP contribution >= 0.6 is 0 Å². The summed E-state index contributed by atoms with van der Waals surface area (Å²) < 4.78 is 14.9. The average Bonchev–Trinajstić information content (AvgIpc) is 2.65. The molecule has 0 aliphatic carbocycles. The molecule has 1 aromatic carbocycles. The third-order valence-corrected chi connectivity index (χ3v) is 6.75. The van der Waals surface area contributed by atoms with Crippen molar-refractivity contribution in [3.63, 3.8) is 0 Å². The van der Waals surface area contributed by atoms with Crippen molar-refractivity contribution < 1.29 is 9.18 Å². The van der Waals surface area contributed by atoms with Crippen LogP contribution in [0.3, 0.4) is 0 Å². The van der Waals surface area contributed by atoms with E-state index in [1.165, 1.54) is 25.3 Å². The zero-order valence-corrected chi connectivity index (χ0v) is 19.0. The lowest BCUT2D eigenvalue weighted by molar-refractivity contribution is -0.124. The van der Waals surface area contributed by atoms with Crippen LogP contribution in [0.25, 0.3) is 0 Å². The van der Waals surface area contributed by atoms with Crippen LogP contribution < -0.4 is 5.73 Å². The van der Waals surface area contributed by atoms with Gasteiger partial charge in [0, 0.05) is 30.2 Å². The number of halogens is 1. The highest BCUT2D eigenvalue weighted by Gasteiger charge is 2.41. The van der Waals surface area contributed by atoms with Crippen molar-refractivity contribution in [3.05, 3.63) is 35.6 Å². The van der Waals surface area contributed by atoms with E-state index in [9.17, 15) is 9.18 Å². The van der Waals surface area contributed by atoms with Crippen LogP contribution in [0.1, 0.15) is 72.3 Å². The Bertz CT molecular complexity index is 655. The van der Waals surface area contributed by atoms with E-state index in [1.54, 1.807) is 12.1 Å². The van der Waals surface area contributed by atoms with Crippen molar-refractivity contribution in [2.45, 2.75) is 90.3 Å². The molecule has 0 bridgehead atoms. The lowest BCUT2D eigenvalue weighted by atomic mass is 9.73. The summed E-state index contributed by atoms with van der Waals surface area (Å²) in [5.41, 5.74) is 5.47. The average molecular weight is 406 g/mol. The summed E-state index contributed by atoms with van der Waals surface area (Å²) in [5.74, 6) is -0.752. The Morgan fingerprint density at radius 2 is 1.86 bits per heavy atom. The molecule has 29 heavy (non-hydrogen) atoms. The quantitative estimate of drug-likeness (QED) is 0.631. The second-order valence-electron chi connectivity index (χ2n) is 9.23. The summed E-state index contributed by atoms with van der Waals surface area (Å²) in [6.07, 6.45) is 4.70. The summed E-state index contributed by atoms with van der Waals surface area (Å²) in [5, 5.41) is 0. The molecule has 1 aromatic rings. The molecule has 1 amide bonds. The van der Waals surface area contributed by atoms with Gasteiger partial charge in [0.2, 0.25) is 5.91 Å². The van der Waals surface area contributed by atoms with Gasteiger partial charge in [-0.15, -0.1) is 0 Å². The number of nitrogens with two attached hydrogens (primary N) is 1. The molecule has 2 N–H and O–H groups in total. The molecule has 4 nitrogen and oxygen atoms in total. The summed E-state index contributed by atoms with van der Waals surface area (Å²) in [7, 11) is 0. The highest BCUT2D eigenvalue weighted by Crippen LogP contribution is 2.35. The summed E-state index contributed by atoms with van der Waals surface area (Å²) >= 11 is 0. The molecule has 1 aliphatic rings. The minimum Gasteiger partial charge on any atom is -0.369 e. The van der Waals surface area contributed by atoms with Crippen LogP contribution in [0.15, 0.2) is 24.3 Å². The normalized spacial score (nSPS) is 20.4. The predicted molar refractivity (Wildman–Crippen MR) is 118 cm³/mol. The molecule has 0 saturated carbocycles. The Labute approximate surface area is 176 Å². The van der Waals surface area contributed by atoms with Crippen LogP contribution in [0.4, 0.5) is 4.39 Å². The SMILES string of the molecule is CC1CCCCN1CCC(CCN(C(C)C)C(C)C)(C(N)=O)c1ccccc1F. The van der Waals surface area contributed by atoms with Crippen molar-refractivity contribution in [1.82, 2.24) is 9.80 Å². The number of nitrogens with zero attached hydrogens (tertiary/aromatic N) is 2. The Hall–Kier alpha value is -1.46. The maximum atomic E-state index is 14.9. The first-order valence-corrected chi connectivity index (χ1v) is 11.2. The lowest BCUT2D eigenvalue weighted by Crippen LogP contribution is -2.49. The third-order valence-electron chi connectivity index (χ3n) is 6.75. The number of benzene rings is 1. The van der Waals surface area contributed by atoms with E-state index >= 15 is 0 Å². The summed E-state index contributed by atoms with van der Waals surface area (Å²) in [6, 6.07) is 7.87. The van der Waals surface area contributed by atoms with E-state index < -0.39 is 11.3 Å². The number of rotatable bonds is 10. The van der Waals surface area contributed by atoms with Gasteiger partial charge in [-0.25, -0.2) is 4.39 Å². The highest BCUT2D eigenvalue weighted by molar-refractivity contribution is 5.86. The largest absolute Gasteiger partial charge is 0.369 e. The number of carbonyl (C=O) groups is 1. The van der Waals surface area contributed by atoms with E-state index in [-0.39, 0.29) is 5.82 Å². The summed E-state index contributed by atoms with van der Waals surface area (Å²) in [4.78, 5) is 17.7. The summed E-state index contributed by atoms with van der Waals surface area (Å²) in [6.45, 7) is 13.4. The van der Waals surface area contributed by atoms with Gasteiger partial charge in [-0.2, -0.15) is 0 Å². The van der Waals surface area contributed by atoms with Crippen molar-refractivity contribution in [1.29, 1.82) is 0 Å².